The molecule has 0 unspecified atom stereocenters. The Morgan fingerprint density at radius 1 is 1.07 bits per heavy atom. The van der Waals surface area contributed by atoms with Gasteiger partial charge in [-0.2, -0.15) is 0 Å². The largest absolute Gasteiger partial charge is 0.499 e. The molecule has 0 amide bonds. The lowest BCUT2D eigenvalue weighted by atomic mass is 9.95. The molecule has 1 aliphatic heterocycles. The molecule has 2 aliphatic rings. The Bertz CT molecular complexity index is 830. The second-order valence-electron chi connectivity index (χ2n) is 7.69. The van der Waals surface area contributed by atoms with Gasteiger partial charge in [0.2, 0.25) is 0 Å². The van der Waals surface area contributed by atoms with E-state index < -0.39 is 5.97 Å². The van der Waals surface area contributed by atoms with E-state index in [0.717, 1.165) is 44.3 Å². The number of piperidine rings is 1. The second-order valence-corrected chi connectivity index (χ2v) is 7.69. The maximum Gasteiger partial charge on any atom is 0.307 e. The Balaban J connectivity index is 0.00000240. The number of fused-ring (bicyclic) bond motifs is 2. The van der Waals surface area contributed by atoms with Crippen LogP contribution < -0.4 is 0 Å². The maximum absolute atomic E-state index is 11.2. The molecule has 1 saturated heterocycles. The zero-order chi connectivity index (χ0) is 19.3. The number of carbonyl (C=O) groups is 1. The van der Waals surface area contributed by atoms with Crippen LogP contribution in [0.2, 0.25) is 0 Å². The Morgan fingerprint density at radius 2 is 1.69 bits per heavy atom. The summed E-state index contributed by atoms with van der Waals surface area (Å²) in [4.78, 5) is 13.4. The van der Waals surface area contributed by atoms with E-state index in [1.54, 1.807) is 0 Å². The monoisotopic (exact) mass is 413 g/mol. The summed E-state index contributed by atoms with van der Waals surface area (Å²) < 4.78 is 5.99. The normalized spacial score (nSPS) is 18.6. The highest BCUT2D eigenvalue weighted by Crippen LogP contribution is 2.33. The van der Waals surface area contributed by atoms with Crippen molar-refractivity contribution in [3.63, 3.8) is 0 Å². The van der Waals surface area contributed by atoms with Crippen LogP contribution >= 0.6 is 12.4 Å². The van der Waals surface area contributed by atoms with Crippen LogP contribution in [0.4, 0.5) is 0 Å². The van der Waals surface area contributed by atoms with Crippen molar-refractivity contribution in [1.82, 2.24) is 4.90 Å². The van der Waals surface area contributed by atoms with E-state index in [2.05, 4.69) is 53.4 Å². The number of nitrogens with zero attached hydrogens (tertiary/aromatic N) is 1. The van der Waals surface area contributed by atoms with Gasteiger partial charge in [0.05, 0.1) is 12.2 Å². The minimum Gasteiger partial charge on any atom is -0.499 e. The Kier molecular flexibility index (Phi) is 7.34. The summed E-state index contributed by atoms with van der Waals surface area (Å²) in [6.07, 6.45) is 5.70. The average molecular weight is 414 g/mol. The van der Waals surface area contributed by atoms with Gasteiger partial charge in [0, 0.05) is 18.7 Å². The van der Waals surface area contributed by atoms with E-state index >= 15 is 0 Å². The van der Waals surface area contributed by atoms with Gasteiger partial charge in [-0.3, -0.25) is 9.69 Å². The molecule has 4 nitrogen and oxygen atoms in total. The highest BCUT2D eigenvalue weighted by Gasteiger charge is 2.25. The lowest BCUT2D eigenvalue weighted by Crippen LogP contribution is -2.40. The van der Waals surface area contributed by atoms with E-state index in [4.69, 9.17) is 4.74 Å². The van der Waals surface area contributed by atoms with Crippen molar-refractivity contribution >= 4 is 23.9 Å². The van der Waals surface area contributed by atoms with Crippen LogP contribution in [0.3, 0.4) is 0 Å². The zero-order valence-electron chi connectivity index (χ0n) is 16.5. The molecule has 1 aliphatic carbocycles. The molecule has 2 aromatic rings. The molecule has 29 heavy (non-hydrogen) atoms. The number of hydrogen-bond acceptors (Lipinski definition) is 3. The number of carboxylic acids is 1. The van der Waals surface area contributed by atoms with Crippen LogP contribution in [0.5, 0.6) is 0 Å². The molecule has 0 spiro atoms. The first-order valence-corrected chi connectivity index (χ1v) is 10.2. The van der Waals surface area contributed by atoms with Crippen LogP contribution in [0.1, 0.15) is 35.1 Å². The van der Waals surface area contributed by atoms with Crippen LogP contribution in [0.25, 0.3) is 5.57 Å². The predicted molar refractivity (Wildman–Crippen MR) is 117 cm³/mol. The Labute approximate surface area is 178 Å². The van der Waals surface area contributed by atoms with Crippen LogP contribution in [-0.2, 0) is 22.4 Å². The van der Waals surface area contributed by atoms with E-state index in [-0.39, 0.29) is 18.3 Å². The van der Waals surface area contributed by atoms with Crippen molar-refractivity contribution in [2.24, 2.45) is 5.92 Å². The number of aliphatic carboxylic acids is 1. The van der Waals surface area contributed by atoms with Gasteiger partial charge in [0.15, 0.2) is 0 Å². The summed E-state index contributed by atoms with van der Waals surface area (Å²) in [5.41, 5.74) is 6.35. The molecule has 0 aromatic heterocycles. The van der Waals surface area contributed by atoms with Gasteiger partial charge >= 0.3 is 5.97 Å². The molecule has 0 radical (unpaired) electrons. The molecule has 5 heteroatoms. The first kappa shape index (κ1) is 21.4. The van der Waals surface area contributed by atoms with Gasteiger partial charge in [-0.1, -0.05) is 48.5 Å². The fourth-order valence-electron chi connectivity index (χ4n) is 4.33. The molecular weight excluding hydrogens is 386 g/mol. The number of aryl methyl sites for hydroxylation is 2. The van der Waals surface area contributed by atoms with Gasteiger partial charge in [-0.15, -0.1) is 12.4 Å². The van der Waals surface area contributed by atoms with Crippen molar-refractivity contribution < 1.29 is 14.6 Å². The lowest BCUT2D eigenvalue weighted by Gasteiger charge is -2.30. The summed E-state index contributed by atoms with van der Waals surface area (Å²) in [6, 6.07) is 17.1. The van der Waals surface area contributed by atoms with Crippen molar-refractivity contribution in [1.29, 1.82) is 0 Å². The SMILES string of the molecule is Cl.O=C(O)[C@@H]1CCCN(CCOC=C2c3ccccc3CCc3ccccc32)C1. The van der Waals surface area contributed by atoms with Crippen molar-refractivity contribution in [2.45, 2.75) is 25.7 Å². The Hall–Kier alpha value is -2.30. The van der Waals surface area contributed by atoms with Gasteiger partial charge < -0.3 is 9.84 Å². The van der Waals surface area contributed by atoms with Crippen molar-refractivity contribution in [3.05, 3.63) is 77.0 Å². The number of carboxylic acid groups (broad SMARTS) is 1. The molecule has 1 heterocycles. The first-order valence-electron chi connectivity index (χ1n) is 10.2. The van der Waals surface area contributed by atoms with Crippen LogP contribution in [0, 0.1) is 5.92 Å². The van der Waals surface area contributed by atoms with E-state index in [0.29, 0.717) is 13.2 Å². The third kappa shape index (κ3) is 5.01. The Morgan fingerprint density at radius 3 is 2.31 bits per heavy atom. The average Bonchev–Trinajstić information content (AvgIpc) is 2.88. The van der Waals surface area contributed by atoms with Crippen LogP contribution in [-0.4, -0.2) is 42.2 Å². The van der Waals surface area contributed by atoms with Crippen LogP contribution in [0.15, 0.2) is 54.8 Å². The molecule has 1 fully saturated rings. The molecule has 1 atom stereocenters. The number of ether oxygens (including phenoxy) is 1. The zero-order valence-corrected chi connectivity index (χ0v) is 17.4. The van der Waals surface area contributed by atoms with E-state index in [9.17, 15) is 9.90 Å². The lowest BCUT2D eigenvalue weighted by molar-refractivity contribution is -0.143. The third-order valence-corrected chi connectivity index (χ3v) is 5.86. The molecule has 1 N–H and O–H groups in total. The summed E-state index contributed by atoms with van der Waals surface area (Å²) >= 11 is 0. The number of benzene rings is 2. The molecule has 154 valence electrons. The number of halogens is 1. The van der Waals surface area contributed by atoms with E-state index in [1.807, 2.05) is 6.26 Å². The van der Waals surface area contributed by atoms with Gasteiger partial charge in [0.25, 0.3) is 0 Å². The quantitative estimate of drug-likeness (QED) is 0.582. The maximum atomic E-state index is 11.2. The molecule has 0 saturated carbocycles. The standard InChI is InChI=1S/C24H27NO3.ClH/c26-24(27)20-8-5-13-25(16-20)14-15-28-17-23-21-9-3-1-6-18(21)11-12-19-7-2-4-10-22(19)23;/h1-4,6-7,9-10,17,20H,5,8,11-16H2,(H,26,27);1H/t20-;/m1./s1. The summed E-state index contributed by atoms with van der Waals surface area (Å²) in [7, 11) is 0. The molecular formula is C24H28ClNO3. The third-order valence-electron chi connectivity index (χ3n) is 5.86. The van der Waals surface area contributed by atoms with Gasteiger partial charge in [-0.25, -0.2) is 0 Å². The topological polar surface area (TPSA) is 49.8 Å². The molecule has 4 rings (SSSR count). The number of likely N-dealkylation sites (tertiary alicyclic amines) is 1. The van der Waals surface area contributed by atoms with Gasteiger partial charge in [0.1, 0.15) is 6.61 Å². The van der Waals surface area contributed by atoms with Crippen molar-refractivity contribution in [2.75, 3.05) is 26.2 Å². The second kappa shape index (κ2) is 9.95. The van der Waals surface area contributed by atoms with Crippen molar-refractivity contribution in [3.8, 4) is 0 Å². The summed E-state index contributed by atoms with van der Waals surface area (Å²) in [6.45, 7) is 2.91. The smallest absolute Gasteiger partial charge is 0.307 e. The highest BCUT2D eigenvalue weighted by molar-refractivity contribution is 5.85. The number of rotatable bonds is 5. The highest BCUT2D eigenvalue weighted by atomic mass is 35.5. The van der Waals surface area contributed by atoms with Gasteiger partial charge in [-0.05, 0) is 54.5 Å². The minimum atomic E-state index is -0.681. The fourth-order valence-corrected chi connectivity index (χ4v) is 4.33. The summed E-state index contributed by atoms with van der Waals surface area (Å²) in [5.74, 6) is -0.924. The van der Waals surface area contributed by atoms with E-state index in [1.165, 1.54) is 22.3 Å². The summed E-state index contributed by atoms with van der Waals surface area (Å²) in [5, 5.41) is 9.24. The predicted octanol–water partition coefficient (Wildman–Crippen LogP) is 4.41. The fraction of sp³-hybridized carbons (Fsp3) is 0.375. The molecule has 0 bridgehead atoms. The minimum absolute atomic E-state index is 0. The first-order chi connectivity index (χ1) is 13.7. The number of hydrogen-bond donors (Lipinski definition) is 1. The molecule has 2 aromatic carbocycles.